The van der Waals surface area contributed by atoms with Crippen LogP contribution in [0.4, 0.5) is 4.39 Å². The first kappa shape index (κ1) is 23.1. The van der Waals surface area contributed by atoms with E-state index in [9.17, 15) is 14.3 Å². The third kappa shape index (κ3) is 6.72. The van der Waals surface area contributed by atoms with Crippen molar-refractivity contribution in [2.24, 2.45) is 0 Å². The van der Waals surface area contributed by atoms with Gasteiger partial charge in [0.1, 0.15) is 5.82 Å². The lowest BCUT2D eigenvalue weighted by atomic mass is 10.1. The van der Waals surface area contributed by atoms with Crippen molar-refractivity contribution in [3.8, 4) is 0 Å². The van der Waals surface area contributed by atoms with Crippen LogP contribution in [0.2, 0.25) is 10.0 Å². The van der Waals surface area contributed by atoms with Crippen molar-refractivity contribution in [1.29, 1.82) is 0 Å². The summed E-state index contributed by atoms with van der Waals surface area (Å²) < 4.78 is 19.3. The van der Waals surface area contributed by atoms with Crippen molar-refractivity contribution in [3.63, 3.8) is 0 Å². The van der Waals surface area contributed by atoms with E-state index in [4.69, 9.17) is 27.9 Å². The molecule has 0 unspecified atom stereocenters. The lowest BCUT2D eigenvalue weighted by molar-refractivity contribution is -0.136. The summed E-state index contributed by atoms with van der Waals surface area (Å²) in [5.41, 5.74) is 2.09. The van der Waals surface area contributed by atoms with Gasteiger partial charge in [-0.15, -0.1) is 11.8 Å². The Morgan fingerprint density at radius 2 is 1.87 bits per heavy atom. The smallest absolute Gasteiger partial charge is 0.371 e. The van der Waals surface area contributed by atoms with Crippen LogP contribution < -0.4 is 0 Å². The van der Waals surface area contributed by atoms with Crippen LogP contribution in [0.3, 0.4) is 0 Å². The van der Waals surface area contributed by atoms with Crippen molar-refractivity contribution < 1.29 is 19.0 Å². The van der Waals surface area contributed by atoms with Crippen LogP contribution in [0.1, 0.15) is 16.8 Å². The Bertz CT molecular complexity index is 1070. The zero-order valence-corrected chi connectivity index (χ0v) is 18.6. The van der Waals surface area contributed by atoms with Gasteiger partial charge in [0.2, 0.25) is 5.76 Å². The number of nitrogens with zero attached hydrogens (tertiary/aromatic N) is 1. The van der Waals surface area contributed by atoms with E-state index in [1.54, 1.807) is 48.7 Å². The fraction of sp³-hybridized carbons (Fsp3) is 0.130. The summed E-state index contributed by atoms with van der Waals surface area (Å²) >= 11 is 13.8. The Kier molecular flexibility index (Phi) is 8.35. The first-order chi connectivity index (χ1) is 14.9. The summed E-state index contributed by atoms with van der Waals surface area (Å²) in [4.78, 5) is 16.3. The van der Waals surface area contributed by atoms with Crippen molar-refractivity contribution in [3.05, 3.63) is 99.2 Å². The fourth-order valence-corrected chi connectivity index (χ4v) is 4.48. The molecule has 0 saturated carbocycles. The van der Waals surface area contributed by atoms with Gasteiger partial charge in [-0.3, -0.25) is 4.98 Å². The van der Waals surface area contributed by atoms with Gasteiger partial charge >= 0.3 is 5.97 Å². The van der Waals surface area contributed by atoms with Gasteiger partial charge in [-0.2, -0.15) is 0 Å². The van der Waals surface area contributed by atoms with Crippen LogP contribution in [0.15, 0.2) is 71.4 Å². The maximum Gasteiger partial charge on any atom is 0.371 e. The highest BCUT2D eigenvalue weighted by Gasteiger charge is 2.12. The molecule has 8 heteroatoms. The third-order valence-corrected chi connectivity index (χ3v) is 6.30. The minimum absolute atomic E-state index is 0.112. The number of pyridine rings is 1. The van der Waals surface area contributed by atoms with E-state index >= 15 is 0 Å². The van der Waals surface area contributed by atoms with Gasteiger partial charge in [0.25, 0.3) is 0 Å². The second kappa shape index (κ2) is 11.2. The van der Waals surface area contributed by atoms with Crippen molar-refractivity contribution in [1.82, 2.24) is 4.98 Å². The minimum Gasteiger partial charge on any atom is -0.486 e. The minimum atomic E-state index is -1.19. The Hall–Kier alpha value is -2.54. The lowest BCUT2D eigenvalue weighted by Gasteiger charge is -2.12. The molecule has 0 atom stereocenters. The number of aromatic nitrogens is 1. The molecule has 2 aromatic carbocycles. The number of hydrogen-bond acceptors (Lipinski definition) is 4. The SMILES string of the molecule is O=C(O)C(=Cc1ccccn1)OCCc1ccc(F)cc1CSc1c(Cl)cccc1Cl. The standard InChI is InChI=1S/C23H18Cl2FNO3S/c24-19-5-3-6-20(25)22(19)31-14-16-12-17(26)8-7-15(16)9-11-30-21(23(28)29)13-18-4-1-2-10-27-18/h1-8,10,12-13H,9,11,14H2,(H,28,29). The van der Waals surface area contributed by atoms with E-state index in [0.29, 0.717) is 27.9 Å². The topological polar surface area (TPSA) is 59.4 Å². The number of hydrogen-bond donors (Lipinski definition) is 1. The molecule has 0 aliphatic rings. The molecule has 1 N–H and O–H groups in total. The Labute approximate surface area is 193 Å². The van der Waals surface area contributed by atoms with Gasteiger partial charge in [-0.1, -0.05) is 41.4 Å². The molecule has 0 amide bonds. The number of aliphatic carboxylic acids is 1. The number of thioether (sulfide) groups is 1. The van der Waals surface area contributed by atoms with Crippen LogP contribution in [0.25, 0.3) is 6.08 Å². The largest absolute Gasteiger partial charge is 0.486 e. The maximum absolute atomic E-state index is 13.8. The third-order valence-electron chi connectivity index (χ3n) is 4.27. The quantitative estimate of drug-likeness (QED) is 0.216. The van der Waals surface area contributed by atoms with E-state index in [0.717, 1.165) is 16.0 Å². The number of ether oxygens (including phenoxy) is 1. The number of benzene rings is 2. The summed E-state index contributed by atoms with van der Waals surface area (Å²) in [7, 11) is 0. The summed E-state index contributed by atoms with van der Waals surface area (Å²) in [6, 6.07) is 14.9. The van der Waals surface area contributed by atoms with E-state index in [-0.39, 0.29) is 18.2 Å². The molecule has 0 bridgehead atoms. The summed E-state index contributed by atoms with van der Waals surface area (Å²) in [5, 5.41) is 10.5. The summed E-state index contributed by atoms with van der Waals surface area (Å²) in [5.74, 6) is -1.30. The fourth-order valence-electron chi connectivity index (χ4n) is 2.77. The number of carboxylic acids is 1. The molecule has 3 aromatic rings. The average molecular weight is 478 g/mol. The lowest BCUT2D eigenvalue weighted by Crippen LogP contribution is -2.08. The van der Waals surface area contributed by atoms with E-state index in [2.05, 4.69) is 4.98 Å². The molecule has 0 aliphatic carbocycles. The van der Waals surface area contributed by atoms with Crippen molar-refractivity contribution >= 4 is 47.0 Å². The molecule has 0 saturated heterocycles. The van der Waals surface area contributed by atoms with Crippen molar-refractivity contribution in [2.75, 3.05) is 6.61 Å². The second-order valence-electron chi connectivity index (χ2n) is 6.42. The monoisotopic (exact) mass is 477 g/mol. The van der Waals surface area contributed by atoms with Crippen LogP contribution in [0.5, 0.6) is 0 Å². The zero-order chi connectivity index (χ0) is 22.2. The van der Waals surface area contributed by atoms with E-state index < -0.39 is 5.97 Å². The predicted octanol–water partition coefficient (Wildman–Crippen LogP) is 6.50. The summed E-state index contributed by atoms with van der Waals surface area (Å²) in [6.45, 7) is 0.112. The van der Waals surface area contributed by atoms with Gasteiger partial charge < -0.3 is 9.84 Å². The molecule has 1 aromatic heterocycles. The first-order valence-corrected chi connectivity index (χ1v) is 11.0. The second-order valence-corrected chi connectivity index (χ2v) is 8.22. The molecule has 0 radical (unpaired) electrons. The number of carboxylic acid groups (broad SMARTS) is 1. The van der Waals surface area contributed by atoms with Crippen LogP contribution in [-0.2, 0) is 21.7 Å². The molecule has 4 nitrogen and oxygen atoms in total. The van der Waals surface area contributed by atoms with Crippen LogP contribution >= 0.6 is 35.0 Å². The van der Waals surface area contributed by atoms with Crippen molar-refractivity contribution in [2.45, 2.75) is 17.1 Å². The zero-order valence-electron chi connectivity index (χ0n) is 16.2. The number of halogens is 3. The molecule has 0 spiro atoms. The van der Waals surface area contributed by atoms with Gasteiger partial charge in [0.05, 0.1) is 22.3 Å². The average Bonchev–Trinajstić information content (AvgIpc) is 2.74. The Morgan fingerprint density at radius 1 is 1.10 bits per heavy atom. The Morgan fingerprint density at radius 3 is 2.55 bits per heavy atom. The van der Waals surface area contributed by atoms with Gasteiger partial charge in [-0.25, -0.2) is 9.18 Å². The Balaban J connectivity index is 1.69. The highest BCUT2D eigenvalue weighted by molar-refractivity contribution is 7.98. The predicted molar refractivity (Wildman–Crippen MR) is 122 cm³/mol. The first-order valence-electron chi connectivity index (χ1n) is 9.27. The van der Waals surface area contributed by atoms with Crippen LogP contribution in [-0.4, -0.2) is 22.7 Å². The molecule has 3 rings (SSSR count). The van der Waals surface area contributed by atoms with Gasteiger partial charge in [0.15, 0.2) is 0 Å². The molecule has 0 aliphatic heterocycles. The van der Waals surface area contributed by atoms with E-state index in [1.807, 2.05) is 0 Å². The highest BCUT2D eigenvalue weighted by atomic mass is 35.5. The molecular weight excluding hydrogens is 460 g/mol. The van der Waals surface area contributed by atoms with Crippen LogP contribution in [0, 0.1) is 5.82 Å². The van der Waals surface area contributed by atoms with E-state index in [1.165, 1.54) is 30.0 Å². The number of carbonyl (C=O) groups is 1. The molecular formula is C23H18Cl2FNO3S. The summed E-state index contributed by atoms with van der Waals surface area (Å²) in [6.07, 6.45) is 3.33. The molecule has 31 heavy (non-hydrogen) atoms. The van der Waals surface area contributed by atoms with Gasteiger partial charge in [0, 0.05) is 29.3 Å². The highest BCUT2D eigenvalue weighted by Crippen LogP contribution is 2.36. The maximum atomic E-state index is 13.8. The molecule has 160 valence electrons. The number of rotatable bonds is 9. The molecule has 1 heterocycles. The molecule has 0 fully saturated rings. The van der Waals surface area contributed by atoms with Gasteiger partial charge in [-0.05, 0) is 47.5 Å². The normalized spacial score (nSPS) is 11.4.